The Morgan fingerprint density at radius 1 is 1.04 bits per heavy atom. The molecule has 2 aromatic rings. The Morgan fingerprint density at radius 2 is 1.78 bits per heavy atom. The normalized spacial score (nSPS) is 13.4. The second-order valence-corrected chi connectivity index (χ2v) is 7.43. The molecule has 0 atom stereocenters. The summed E-state index contributed by atoms with van der Waals surface area (Å²) in [5, 5.41) is 5.32. The van der Waals surface area contributed by atoms with Gasteiger partial charge in [0, 0.05) is 35.9 Å². The minimum absolute atomic E-state index is 0.431. The van der Waals surface area contributed by atoms with Crippen molar-refractivity contribution in [1.82, 2.24) is 5.32 Å². The predicted octanol–water partition coefficient (Wildman–Crippen LogP) is 3.31. The van der Waals surface area contributed by atoms with E-state index in [0.29, 0.717) is 18.7 Å². The van der Waals surface area contributed by atoms with Crippen LogP contribution in [-0.2, 0) is 16.0 Å². The zero-order chi connectivity index (χ0) is 19.1. The van der Waals surface area contributed by atoms with Gasteiger partial charge >= 0.3 is 11.8 Å². The van der Waals surface area contributed by atoms with E-state index in [-0.39, 0.29) is 0 Å². The van der Waals surface area contributed by atoms with E-state index in [2.05, 4.69) is 39.8 Å². The fraction of sp³-hybridized carbons (Fsp3) is 0.333. The number of benzene rings is 2. The predicted molar refractivity (Wildman–Crippen MR) is 111 cm³/mol. The highest BCUT2D eigenvalue weighted by Crippen LogP contribution is 2.20. The van der Waals surface area contributed by atoms with E-state index in [9.17, 15) is 9.59 Å². The Balaban J connectivity index is 1.43. The number of thioether (sulfide) groups is 1. The molecule has 0 bridgehead atoms. The smallest absolute Gasteiger partial charge is 0.313 e. The average Bonchev–Trinajstić information content (AvgIpc) is 3.23. The van der Waals surface area contributed by atoms with Gasteiger partial charge in [0.2, 0.25) is 0 Å². The zero-order valence-corrected chi connectivity index (χ0v) is 16.3. The number of hydrogen-bond acceptors (Lipinski definition) is 4. The summed E-state index contributed by atoms with van der Waals surface area (Å²) in [7, 11) is 0. The first kappa shape index (κ1) is 19.3. The summed E-state index contributed by atoms with van der Waals surface area (Å²) in [6.45, 7) is 2.69. The first-order valence-corrected chi connectivity index (χ1v) is 10.5. The topological polar surface area (TPSA) is 61.4 Å². The summed E-state index contributed by atoms with van der Waals surface area (Å²) in [4.78, 5) is 27.4. The first-order valence-electron chi connectivity index (χ1n) is 9.23. The molecule has 6 heteroatoms. The van der Waals surface area contributed by atoms with Crippen LogP contribution in [0.25, 0.3) is 0 Å². The number of rotatable bonds is 6. The lowest BCUT2D eigenvalue weighted by Gasteiger charge is -2.17. The molecule has 0 aliphatic carbocycles. The SMILES string of the molecule is CSc1cccc(NC(=O)C(=O)NCCc2ccc(N3CCCC3)cc2)c1. The number of hydrogen-bond donors (Lipinski definition) is 2. The van der Waals surface area contributed by atoms with Gasteiger partial charge in [-0.15, -0.1) is 11.8 Å². The number of nitrogens with one attached hydrogen (secondary N) is 2. The van der Waals surface area contributed by atoms with Gasteiger partial charge in [-0.05, 0) is 61.4 Å². The molecule has 142 valence electrons. The maximum Gasteiger partial charge on any atom is 0.313 e. The number of carbonyl (C=O) groups is 2. The zero-order valence-electron chi connectivity index (χ0n) is 15.5. The van der Waals surface area contributed by atoms with E-state index in [1.807, 2.05) is 24.5 Å². The van der Waals surface area contributed by atoms with Crippen LogP contribution in [0.4, 0.5) is 11.4 Å². The van der Waals surface area contributed by atoms with Gasteiger partial charge in [0.1, 0.15) is 0 Å². The first-order chi connectivity index (χ1) is 13.2. The third kappa shape index (κ3) is 5.50. The second-order valence-electron chi connectivity index (χ2n) is 6.55. The van der Waals surface area contributed by atoms with E-state index in [1.165, 1.54) is 18.5 Å². The molecular formula is C21H25N3O2S. The average molecular weight is 384 g/mol. The van der Waals surface area contributed by atoms with E-state index in [0.717, 1.165) is 23.5 Å². The summed E-state index contributed by atoms with van der Waals surface area (Å²) in [6, 6.07) is 15.9. The van der Waals surface area contributed by atoms with Crippen molar-refractivity contribution < 1.29 is 9.59 Å². The van der Waals surface area contributed by atoms with Crippen molar-refractivity contribution in [2.45, 2.75) is 24.2 Å². The van der Waals surface area contributed by atoms with Crippen LogP contribution in [0, 0.1) is 0 Å². The van der Waals surface area contributed by atoms with Gasteiger partial charge in [-0.3, -0.25) is 9.59 Å². The minimum atomic E-state index is -0.641. The fourth-order valence-electron chi connectivity index (χ4n) is 3.14. The molecule has 1 fully saturated rings. The second kappa shape index (κ2) is 9.46. The summed E-state index contributed by atoms with van der Waals surface area (Å²) >= 11 is 1.58. The highest BCUT2D eigenvalue weighted by Gasteiger charge is 2.14. The number of carbonyl (C=O) groups excluding carboxylic acids is 2. The fourth-order valence-corrected chi connectivity index (χ4v) is 3.60. The Bertz CT molecular complexity index is 786. The van der Waals surface area contributed by atoms with Gasteiger partial charge in [0.25, 0.3) is 0 Å². The van der Waals surface area contributed by atoms with E-state index in [1.54, 1.807) is 17.8 Å². The van der Waals surface area contributed by atoms with Crippen LogP contribution >= 0.6 is 11.8 Å². The van der Waals surface area contributed by atoms with Crippen molar-refractivity contribution in [3.63, 3.8) is 0 Å². The van der Waals surface area contributed by atoms with Crippen molar-refractivity contribution in [3.05, 3.63) is 54.1 Å². The van der Waals surface area contributed by atoms with E-state index < -0.39 is 11.8 Å². The Hall–Kier alpha value is -2.47. The molecule has 2 amide bonds. The van der Waals surface area contributed by atoms with E-state index >= 15 is 0 Å². The third-order valence-corrected chi connectivity index (χ3v) is 5.37. The molecule has 1 aliphatic rings. The molecule has 0 saturated carbocycles. The van der Waals surface area contributed by atoms with Crippen LogP contribution in [0.1, 0.15) is 18.4 Å². The third-order valence-electron chi connectivity index (χ3n) is 4.64. The number of nitrogens with zero attached hydrogens (tertiary/aromatic N) is 1. The molecule has 0 radical (unpaired) electrons. The molecule has 2 aromatic carbocycles. The van der Waals surface area contributed by atoms with E-state index in [4.69, 9.17) is 0 Å². The van der Waals surface area contributed by atoms with Gasteiger partial charge in [0.15, 0.2) is 0 Å². The van der Waals surface area contributed by atoms with Gasteiger partial charge in [-0.25, -0.2) is 0 Å². The molecule has 1 heterocycles. The maximum absolute atomic E-state index is 12.0. The van der Waals surface area contributed by atoms with Crippen molar-refractivity contribution in [2.75, 3.05) is 36.1 Å². The highest BCUT2D eigenvalue weighted by atomic mass is 32.2. The van der Waals surface area contributed by atoms with Crippen molar-refractivity contribution in [2.24, 2.45) is 0 Å². The van der Waals surface area contributed by atoms with Crippen LogP contribution in [-0.4, -0.2) is 37.7 Å². The van der Waals surface area contributed by atoms with Crippen molar-refractivity contribution >= 4 is 35.0 Å². The van der Waals surface area contributed by atoms with Crippen LogP contribution < -0.4 is 15.5 Å². The van der Waals surface area contributed by atoms with Gasteiger partial charge in [-0.1, -0.05) is 18.2 Å². The Kier molecular flexibility index (Phi) is 6.76. The summed E-state index contributed by atoms with van der Waals surface area (Å²) in [5.41, 5.74) is 3.03. The van der Waals surface area contributed by atoms with Crippen molar-refractivity contribution in [1.29, 1.82) is 0 Å². The lowest BCUT2D eigenvalue weighted by Crippen LogP contribution is -2.36. The molecule has 5 nitrogen and oxygen atoms in total. The highest BCUT2D eigenvalue weighted by molar-refractivity contribution is 7.98. The van der Waals surface area contributed by atoms with Crippen LogP contribution in [0.2, 0.25) is 0 Å². The van der Waals surface area contributed by atoms with Crippen LogP contribution in [0.3, 0.4) is 0 Å². The van der Waals surface area contributed by atoms with Crippen LogP contribution in [0.5, 0.6) is 0 Å². The molecule has 1 saturated heterocycles. The maximum atomic E-state index is 12.0. The monoisotopic (exact) mass is 383 g/mol. The Labute approximate surface area is 164 Å². The molecule has 3 rings (SSSR count). The van der Waals surface area contributed by atoms with Crippen molar-refractivity contribution in [3.8, 4) is 0 Å². The van der Waals surface area contributed by atoms with Gasteiger partial charge < -0.3 is 15.5 Å². The standard InChI is InChI=1S/C21H25N3O2S/c1-27-19-6-4-5-17(15-19)23-21(26)20(25)22-12-11-16-7-9-18(10-8-16)24-13-2-3-14-24/h4-10,15H,2-3,11-14H2,1H3,(H,22,25)(H,23,26). The quantitative estimate of drug-likeness (QED) is 0.593. The minimum Gasteiger partial charge on any atom is -0.372 e. The molecular weight excluding hydrogens is 358 g/mol. The molecule has 0 aromatic heterocycles. The molecule has 0 unspecified atom stereocenters. The van der Waals surface area contributed by atoms with Gasteiger partial charge in [0.05, 0.1) is 0 Å². The summed E-state index contributed by atoms with van der Waals surface area (Å²) in [5.74, 6) is -1.25. The number of amides is 2. The van der Waals surface area contributed by atoms with Gasteiger partial charge in [-0.2, -0.15) is 0 Å². The Morgan fingerprint density at radius 3 is 2.48 bits per heavy atom. The largest absolute Gasteiger partial charge is 0.372 e. The number of anilines is 2. The summed E-state index contributed by atoms with van der Waals surface area (Å²) < 4.78 is 0. The molecule has 1 aliphatic heterocycles. The summed E-state index contributed by atoms with van der Waals surface area (Å²) in [6.07, 6.45) is 5.18. The molecule has 2 N–H and O–H groups in total. The molecule has 27 heavy (non-hydrogen) atoms. The van der Waals surface area contributed by atoms with Crippen LogP contribution in [0.15, 0.2) is 53.4 Å². The lowest BCUT2D eigenvalue weighted by molar-refractivity contribution is -0.136. The molecule has 0 spiro atoms. The lowest BCUT2D eigenvalue weighted by atomic mass is 10.1.